The lowest BCUT2D eigenvalue weighted by Crippen LogP contribution is -2.03. The van der Waals surface area contributed by atoms with Gasteiger partial charge in [-0.1, -0.05) is 36.4 Å². The van der Waals surface area contributed by atoms with Crippen LogP contribution < -0.4 is 9.47 Å². The van der Waals surface area contributed by atoms with E-state index in [2.05, 4.69) is 52.1 Å². The molecule has 4 aromatic rings. The first-order valence-electron chi connectivity index (χ1n) is 9.15. The summed E-state index contributed by atoms with van der Waals surface area (Å²) < 4.78 is 12.5. The van der Waals surface area contributed by atoms with Gasteiger partial charge in [0.15, 0.2) is 11.5 Å². The molecule has 1 aromatic heterocycles. The van der Waals surface area contributed by atoms with Crippen molar-refractivity contribution < 1.29 is 9.47 Å². The number of nitrogens with one attached hydrogen (secondary N) is 1. The monoisotopic (exact) mass is 436 g/mol. The van der Waals surface area contributed by atoms with Gasteiger partial charge in [-0.25, -0.2) is 4.98 Å². The number of halogens is 1. The Morgan fingerprint density at radius 2 is 1.86 bits per heavy atom. The van der Waals surface area contributed by atoms with E-state index in [-0.39, 0.29) is 0 Å². The number of nitrogens with zero attached hydrogens (tertiary/aromatic N) is 1. The molecule has 0 radical (unpaired) electrons. The first kappa shape index (κ1) is 18.6. The van der Waals surface area contributed by atoms with Crippen LogP contribution in [0, 0.1) is 6.92 Å². The van der Waals surface area contributed by atoms with Crippen molar-refractivity contribution >= 4 is 27.0 Å². The molecule has 28 heavy (non-hydrogen) atoms. The number of hydrogen-bond acceptors (Lipinski definition) is 3. The van der Waals surface area contributed by atoms with Crippen LogP contribution in [0.25, 0.3) is 22.4 Å². The highest BCUT2D eigenvalue weighted by molar-refractivity contribution is 9.10. The Morgan fingerprint density at radius 3 is 2.64 bits per heavy atom. The van der Waals surface area contributed by atoms with Crippen LogP contribution in [0.5, 0.6) is 11.5 Å². The van der Waals surface area contributed by atoms with Gasteiger partial charge in [-0.05, 0) is 58.2 Å². The van der Waals surface area contributed by atoms with E-state index in [1.165, 1.54) is 11.1 Å². The molecule has 4 nitrogen and oxygen atoms in total. The summed E-state index contributed by atoms with van der Waals surface area (Å²) in [6.45, 7) is 2.64. The first-order chi connectivity index (χ1) is 13.6. The summed E-state index contributed by atoms with van der Waals surface area (Å²) in [7, 11) is 1.65. The van der Waals surface area contributed by atoms with Gasteiger partial charge in [0.2, 0.25) is 0 Å². The summed E-state index contributed by atoms with van der Waals surface area (Å²) in [5.41, 5.74) is 5.34. The molecule has 4 rings (SSSR count). The molecule has 0 saturated carbocycles. The van der Waals surface area contributed by atoms with E-state index in [0.29, 0.717) is 18.1 Å². The van der Waals surface area contributed by atoms with E-state index < -0.39 is 0 Å². The van der Waals surface area contributed by atoms with Crippen molar-refractivity contribution in [1.82, 2.24) is 9.97 Å². The number of fused-ring (bicyclic) bond motifs is 1. The molecule has 0 bridgehead atoms. The van der Waals surface area contributed by atoms with Gasteiger partial charge in [-0.2, -0.15) is 0 Å². The zero-order chi connectivity index (χ0) is 19.5. The fourth-order valence-corrected chi connectivity index (χ4v) is 3.73. The zero-order valence-corrected chi connectivity index (χ0v) is 17.4. The quantitative estimate of drug-likeness (QED) is 0.407. The molecule has 0 atom stereocenters. The summed E-state index contributed by atoms with van der Waals surface area (Å²) in [4.78, 5) is 8.09. The van der Waals surface area contributed by atoms with E-state index in [4.69, 9.17) is 14.5 Å². The average Bonchev–Trinajstić information content (AvgIpc) is 3.13. The summed E-state index contributed by atoms with van der Waals surface area (Å²) in [5, 5.41) is 0. The van der Waals surface area contributed by atoms with Gasteiger partial charge in [0.05, 0.1) is 29.2 Å². The summed E-state index contributed by atoms with van der Waals surface area (Å²) >= 11 is 3.63. The molecule has 1 N–H and O–H groups in total. The SMILES string of the molecule is COc1cc(-c2nc3ccc(C)cc3[nH]2)cc(Br)c1OCCc1ccccc1. The van der Waals surface area contributed by atoms with Gasteiger partial charge in [-0.15, -0.1) is 0 Å². The number of hydrogen-bond donors (Lipinski definition) is 1. The van der Waals surface area contributed by atoms with Gasteiger partial charge in [0.25, 0.3) is 0 Å². The molecule has 5 heteroatoms. The first-order valence-corrected chi connectivity index (χ1v) is 9.94. The molecule has 0 fully saturated rings. The molecule has 0 aliphatic carbocycles. The maximum absolute atomic E-state index is 6.03. The minimum absolute atomic E-state index is 0.572. The van der Waals surface area contributed by atoms with Crippen molar-refractivity contribution in [3.63, 3.8) is 0 Å². The number of ether oxygens (including phenoxy) is 2. The Labute approximate surface area is 172 Å². The molecule has 1 heterocycles. The second kappa shape index (κ2) is 8.07. The number of methoxy groups -OCH3 is 1. The molecule has 0 amide bonds. The van der Waals surface area contributed by atoms with Crippen LogP contribution >= 0.6 is 15.9 Å². The molecular formula is C23H21BrN2O2. The van der Waals surface area contributed by atoms with Gasteiger partial charge in [0.1, 0.15) is 5.82 Å². The predicted molar refractivity (Wildman–Crippen MR) is 116 cm³/mol. The number of rotatable bonds is 6. The Bertz CT molecular complexity index is 1110. The highest BCUT2D eigenvalue weighted by Crippen LogP contribution is 2.39. The van der Waals surface area contributed by atoms with Crippen molar-refractivity contribution in [2.45, 2.75) is 13.3 Å². The number of aryl methyl sites for hydroxylation is 1. The Hall–Kier alpha value is -2.79. The van der Waals surface area contributed by atoms with Crippen molar-refractivity contribution in [3.05, 3.63) is 76.3 Å². The predicted octanol–water partition coefficient (Wildman–Crippen LogP) is 5.93. The molecule has 0 saturated heterocycles. The molecule has 0 spiro atoms. The van der Waals surface area contributed by atoms with Crippen LogP contribution in [0.2, 0.25) is 0 Å². The molecule has 3 aromatic carbocycles. The fourth-order valence-electron chi connectivity index (χ4n) is 3.17. The van der Waals surface area contributed by atoms with Crippen molar-refractivity contribution in [3.8, 4) is 22.9 Å². The minimum Gasteiger partial charge on any atom is -0.493 e. The average molecular weight is 437 g/mol. The lowest BCUT2D eigenvalue weighted by Gasteiger charge is -2.14. The van der Waals surface area contributed by atoms with Crippen LogP contribution in [-0.4, -0.2) is 23.7 Å². The molecule has 142 valence electrons. The van der Waals surface area contributed by atoms with Crippen LogP contribution in [0.1, 0.15) is 11.1 Å². The Morgan fingerprint density at radius 1 is 1.04 bits per heavy atom. The van der Waals surface area contributed by atoms with E-state index in [1.807, 2.05) is 36.4 Å². The number of H-pyrrole nitrogens is 1. The van der Waals surface area contributed by atoms with E-state index >= 15 is 0 Å². The normalized spacial score (nSPS) is 11.0. The zero-order valence-electron chi connectivity index (χ0n) is 15.8. The van der Waals surface area contributed by atoms with Crippen molar-refractivity contribution in [1.29, 1.82) is 0 Å². The van der Waals surface area contributed by atoms with Gasteiger partial charge < -0.3 is 14.5 Å². The number of aromatic amines is 1. The third-order valence-corrected chi connectivity index (χ3v) is 5.21. The summed E-state index contributed by atoms with van der Waals surface area (Å²) in [5.74, 6) is 2.18. The number of aromatic nitrogens is 2. The van der Waals surface area contributed by atoms with E-state index in [9.17, 15) is 0 Å². The van der Waals surface area contributed by atoms with Crippen LogP contribution in [0.15, 0.2) is 65.1 Å². The topological polar surface area (TPSA) is 47.1 Å². The smallest absolute Gasteiger partial charge is 0.175 e. The van der Waals surface area contributed by atoms with Gasteiger partial charge in [-0.3, -0.25) is 0 Å². The van der Waals surface area contributed by atoms with Crippen molar-refractivity contribution in [2.24, 2.45) is 0 Å². The van der Waals surface area contributed by atoms with E-state index in [0.717, 1.165) is 33.3 Å². The second-order valence-corrected chi connectivity index (χ2v) is 7.53. The highest BCUT2D eigenvalue weighted by atomic mass is 79.9. The minimum atomic E-state index is 0.572. The molecule has 0 aliphatic heterocycles. The van der Waals surface area contributed by atoms with E-state index in [1.54, 1.807) is 7.11 Å². The molecular weight excluding hydrogens is 416 g/mol. The second-order valence-electron chi connectivity index (χ2n) is 6.68. The summed E-state index contributed by atoms with van der Waals surface area (Å²) in [6.07, 6.45) is 0.834. The van der Waals surface area contributed by atoms with Crippen LogP contribution in [0.3, 0.4) is 0 Å². The fraction of sp³-hybridized carbons (Fsp3) is 0.174. The molecule has 0 unspecified atom stereocenters. The maximum atomic E-state index is 6.03. The third kappa shape index (κ3) is 3.90. The standard InChI is InChI=1S/C23H21BrN2O2/c1-15-8-9-19-20(12-15)26-23(25-19)17-13-18(24)22(21(14-17)27-2)28-11-10-16-6-4-3-5-7-16/h3-9,12-14H,10-11H2,1-2H3,(H,25,26). The van der Waals surface area contributed by atoms with Gasteiger partial charge in [0, 0.05) is 12.0 Å². The third-order valence-electron chi connectivity index (χ3n) is 4.62. The highest BCUT2D eigenvalue weighted by Gasteiger charge is 2.15. The Kier molecular flexibility index (Phi) is 5.35. The van der Waals surface area contributed by atoms with Crippen LogP contribution in [-0.2, 0) is 6.42 Å². The molecule has 0 aliphatic rings. The number of benzene rings is 3. The van der Waals surface area contributed by atoms with Gasteiger partial charge >= 0.3 is 0 Å². The maximum Gasteiger partial charge on any atom is 0.175 e. The lowest BCUT2D eigenvalue weighted by atomic mass is 10.1. The largest absolute Gasteiger partial charge is 0.493 e. The van der Waals surface area contributed by atoms with Crippen LogP contribution in [0.4, 0.5) is 0 Å². The lowest BCUT2D eigenvalue weighted by molar-refractivity contribution is 0.296. The Balaban J connectivity index is 1.59. The summed E-state index contributed by atoms with van der Waals surface area (Å²) in [6, 6.07) is 20.4. The van der Waals surface area contributed by atoms with Crippen molar-refractivity contribution in [2.75, 3.05) is 13.7 Å². The number of imidazole rings is 1.